The van der Waals surface area contributed by atoms with Crippen LogP contribution < -0.4 is 5.32 Å². The molecule has 8 nitrogen and oxygen atoms in total. The molecule has 5 rings (SSSR count). The molecule has 1 N–H and O–H groups in total. The molecule has 1 saturated heterocycles. The monoisotopic (exact) mass is 536 g/mol. The molecule has 0 bridgehead atoms. The number of amides is 2. The Morgan fingerprint density at radius 1 is 1.16 bits per heavy atom. The van der Waals surface area contributed by atoms with Crippen molar-refractivity contribution in [1.29, 1.82) is 0 Å². The molecule has 0 spiro atoms. The first-order valence-corrected chi connectivity index (χ1v) is 14.3. The van der Waals surface area contributed by atoms with Gasteiger partial charge >= 0.3 is 0 Å². The van der Waals surface area contributed by atoms with Gasteiger partial charge in [0.25, 0.3) is 11.8 Å². The summed E-state index contributed by atoms with van der Waals surface area (Å²) in [6.07, 6.45) is 3.27. The standard InChI is InChI=1S/C27H28N4O4S2/c1-18-23(24(30-35-18)19-6-3-2-4-7-19)27(33)31-12-9-20(10-13-31)26-29-22(17-37-26)25(32)28-11-15-36-16-21-8-5-14-34-21/h2-8,14,17,20H,9-13,15-16H2,1H3,(H,28,32). The maximum Gasteiger partial charge on any atom is 0.270 e. The molecule has 1 fully saturated rings. The summed E-state index contributed by atoms with van der Waals surface area (Å²) in [6.45, 7) is 3.59. The minimum absolute atomic E-state index is 0.0554. The molecule has 37 heavy (non-hydrogen) atoms. The summed E-state index contributed by atoms with van der Waals surface area (Å²) < 4.78 is 10.7. The number of nitrogens with zero attached hydrogens (tertiary/aromatic N) is 3. The van der Waals surface area contributed by atoms with Gasteiger partial charge in [0.05, 0.1) is 17.0 Å². The van der Waals surface area contributed by atoms with E-state index in [1.54, 1.807) is 24.9 Å². The summed E-state index contributed by atoms with van der Waals surface area (Å²) in [5, 5.41) is 9.87. The first kappa shape index (κ1) is 25.3. The summed E-state index contributed by atoms with van der Waals surface area (Å²) in [5.41, 5.74) is 2.43. The fourth-order valence-corrected chi connectivity index (χ4v) is 6.11. The zero-order valence-corrected chi connectivity index (χ0v) is 22.1. The number of likely N-dealkylation sites (tertiary alicyclic amines) is 1. The van der Waals surface area contributed by atoms with Crippen LogP contribution >= 0.6 is 23.1 Å². The van der Waals surface area contributed by atoms with Crippen molar-refractivity contribution in [1.82, 2.24) is 20.4 Å². The quantitative estimate of drug-likeness (QED) is 0.287. The number of thiazole rings is 1. The van der Waals surface area contributed by atoms with Crippen LogP contribution in [0.4, 0.5) is 0 Å². The predicted molar refractivity (Wildman–Crippen MR) is 144 cm³/mol. The maximum absolute atomic E-state index is 13.4. The average molecular weight is 537 g/mol. The number of carbonyl (C=O) groups excluding carboxylic acids is 2. The lowest BCUT2D eigenvalue weighted by atomic mass is 9.96. The first-order valence-electron chi connectivity index (χ1n) is 12.2. The van der Waals surface area contributed by atoms with Gasteiger partial charge in [-0.1, -0.05) is 35.5 Å². The molecule has 192 valence electrons. The molecule has 0 aliphatic carbocycles. The third-order valence-electron chi connectivity index (χ3n) is 6.37. The number of benzene rings is 1. The Kier molecular flexibility index (Phi) is 8.05. The summed E-state index contributed by atoms with van der Waals surface area (Å²) in [7, 11) is 0. The van der Waals surface area contributed by atoms with Crippen LogP contribution in [0.15, 0.2) is 63.0 Å². The van der Waals surface area contributed by atoms with Crippen molar-refractivity contribution < 1.29 is 18.5 Å². The molecule has 1 aromatic carbocycles. The minimum atomic E-state index is -0.148. The van der Waals surface area contributed by atoms with Crippen molar-refractivity contribution >= 4 is 34.9 Å². The van der Waals surface area contributed by atoms with E-state index in [9.17, 15) is 9.59 Å². The van der Waals surface area contributed by atoms with E-state index in [-0.39, 0.29) is 17.7 Å². The van der Waals surface area contributed by atoms with E-state index >= 15 is 0 Å². The number of piperidine rings is 1. The molecule has 4 aromatic rings. The van der Waals surface area contributed by atoms with Gasteiger partial charge in [0.1, 0.15) is 28.5 Å². The Hall–Kier alpha value is -3.37. The fourth-order valence-electron chi connectivity index (χ4n) is 4.38. The molecule has 4 heterocycles. The number of furan rings is 1. The van der Waals surface area contributed by atoms with Crippen molar-refractivity contribution in [2.45, 2.75) is 31.4 Å². The van der Waals surface area contributed by atoms with Crippen LogP contribution in [0.25, 0.3) is 11.3 Å². The van der Waals surface area contributed by atoms with Crippen LogP contribution in [-0.4, -0.2) is 52.2 Å². The van der Waals surface area contributed by atoms with Gasteiger partial charge in [-0.2, -0.15) is 11.8 Å². The molecule has 1 aliphatic heterocycles. The Labute approximate surface area is 223 Å². The zero-order valence-electron chi connectivity index (χ0n) is 20.5. The molecule has 0 radical (unpaired) electrons. The normalized spacial score (nSPS) is 14.1. The summed E-state index contributed by atoms with van der Waals surface area (Å²) >= 11 is 3.23. The molecule has 0 atom stereocenters. The molecular weight excluding hydrogens is 508 g/mol. The van der Waals surface area contributed by atoms with Crippen LogP contribution in [0.3, 0.4) is 0 Å². The number of aryl methyl sites for hydroxylation is 1. The number of thioether (sulfide) groups is 1. The molecule has 3 aromatic heterocycles. The highest BCUT2D eigenvalue weighted by atomic mass is 32.2. The van der Waals surface area contributed by atoms with E-state index in [1.165, 1.54) is 11.3 Å². The second kappa shape index (κ2) is 11.8. The smallest absolute Gasteiger partial charge is 0.270 e. The van der Waals surface area contributed by atoms with Crippen molar-refractivity contribution in [2.24, 2.45) is 0 Å². The van der Waals surface area contributed by atoms with Gasteiger partial charge in [-0.25, -0.2) is 4.98 Å². The number of hydrogen-bond acceptors (Lipinski definition) is 8. The lowest BCUT2D eigenvalue weighted by Gasteiger charge is -2.31. The molecule has 10 heteroatoms. The van der Waals surface area contributed by atoms with Gasteiger partial charge in [0.15, 0.2) is 0 Å². The summed E-state index contributed by atoms with van der Waals surface area (Å²) in [6, 6.07) is 13.4. The molecule has 2 amide bonds. The third-order valence-corrected chi connectivity index (χ3v) is 8.35. The van der Waals surface area contributed by atoms with Gasteiger partial charge in [-0.15, -0.1) is 11.3 Å². The van der Waals surface area contributed by atoms with E-state index < -0.39 is 0 Å². The number of nitrogens with one attached hydrogen (secondary N) is 1. The second-order valence-electron chi connectivity index (χ2n) is 8.85. The minimum Gasteiger partial charge on any atom is -0.468 e. The van der Waals surface area contributed by atoms with Gasteiger partial charge in [0, 0.05) is 42.2 Å². The first-order chi connectivity index (χ1) is 18.1. The van der Waals surface area contributed by atoms with Crippen molar-refractivity contribution in [3.05, 3.63) is 81.9 Å². The summed E-state index contributed by atoms with van der Waals surface area (Å²) in [4.78, 5) is 32.4. The SMILES string of the molecule is Cc1onc(-c2ccccc2)c1C(=O)N1CCC(c2nc(C(=O)NCCSCc3ccco3)cs2)CC1. The molecular formula is C27H28N4O4S2. The largest absolute Gasteiger partial charge is 0.468 e. The van der Waals surface area contributed by atoms with Gasteiger partial charge < -0.3 is 19.2 Å². The van der Waals surface area contributed by atoms with E-state index in [2.05, 4.69) is 15.5 Å². The summed E-state index contributed by atoms with van der Waals surface area (Å²) in [5.74, 6) is 3.08. The number of carbonyl (C=O) groups is 2. The van der Waals surface area contributed by atoms with Gasteiger partial charge in [-0.05, 0) is 31.9 Å². The predicted octanol–water partition coefficient (Wildman–Crippen LogP) is 5.38. The van der Waals surface area contributed by atoms with Crippen LogP contribution in [0.5, 0.6) is 0 Å². The lowest BCUT2D eigenvalue weighted by Crippen LogP contribution is -2.38. The van der Waals surface area contributed by atoms with E-state index in [1.807, 2.05) is 52.7 Å². The zero-order chi connectivity index (χ0) is 25.6. The number of hydrogen-bond donors (Lipinski definition) is 1. The van der Waals surface area contributed by atoms with Gasteiger partial charge in [0.2, 0.25) is 0 Å². The Bertz CT molecular complexity index is 1330. The van der Waals surface area contributed by atoms with Gasteiger partial charge in [-0.3, -0.25) is 9.59 Å². The van der Waals surface area contributed by atoms with Crippen LogP contribution in [0.1, 0.15) is 56.1 Å². The highest BCUT2D eigenvalue weighted by molar-refractivity contribution is 7.98. The topological polar surface area (TPSA) is 101 Å². The average Bonchev–Trinajstić information content (AvgIpc) is 3.70. The highest BCUT2D eigenvalue weighted by Crippen LogP contribution is 2.32. The molecule has 0 unspecified atom stereocenters. The van der Waals surface area contributed by atoms with Crippen molar-refractivity contribution in [3.63, 3.8) is 0 Å². The number of aromatic nitrogens is 2. The molecule has 1 aliphatic rings. The van der Waals surface area contributed by atoms with Crippen LogP contribution in [0, 0.1) is 6.92 Å². The lowest BCUT2D eigenvalue weighted by molar-refractivity contribution is 0.0711. The van der Waals surface area contributed by atoms with Crippen LogP contribution in [-0.2, 0) is 5.75 Å². The Morgan fingerprint density at radius 2 is 1.97 bits per heavy atom. The molecule has 0 saturated carbocycles. The number of rotatable bonds is 9. The van der Waals surface area contributed by atoms with Crippen LogP contribution in [0.2, 0.25) is 0 Å². The van der Waals surface area contributed by atoms with E-state index in [4.69, 9.17) is 8.94 Å². The Balaban J connectivity index is 1.12. The Morgan fingerprint density at radius 3 is 2.73 bits per heavy atom. The highest BCUT2D eigenvalue weighted by Gasteiger charge is 2.30. The van der Waals surface area contributed by atoms with Crippen molar-refractivity contribution in [3.8, 4) is 11.3 Å². The third kappa shape index (κ3) is 5.97. The second-order valence-corrected chi connectivity index (χ2v) is 10.8. The van der Waals surface area contributed by atoms with Crippen molar-refractivity contribution in [2.75, 3.05) is 25.4 Å². The maximum atomic E-state index is 13.4. The van der Waals surface area contributed by atoms with E-state index in [0.717, 1.165) is 40.7 Å². The van der Waals surface area contributed by atoms with E-state index in [0.29, 0.717) is 42.3 Å². The fraction of sp³-hybridized carbons (Fsp3) is 0.333.